The summed E-state index contributed by atoms with van der Waals surface area (Å²) in [5.41, 5.74) is 8.74. The largest absolute Gasteiger partial charge is 0.469 e. The summed E-state index contributed by atoms with van der Waals surface area (Å²) in [6.07, 6.45) is 3.78. The number of rotatable bonds is 6. The van der Waals surface area contributed by atoms with Crippen LogP contribution in [-0.2, 0) is 9.53 Å². The predicted octanol–water partition coefficient (Wildman–Crippen LogP) is 2.95. The van der Waals surface area contributed by atoms with Crippen molar-refractivity contribution in [2.45, 2.75) is 50.5 Å². The van der Waals surface area contributed by atoms with Gasteiger partial charge < -0.3 is 10.5 Å². The van der Waals surface area contributed by atoms with Gasteiger partial charge in [0.15, 0.2) is 0 Å². The van der Waals surface area contributed by atoms with Gasteiger partial charge in [-0.2, -0.15) is 0 Å². The van der Waals surface area contributed by atoms with Gasteiger partial charge in [0.05, 0.1) is 13.5 Å². The van der Waals surface area contributed by atoms with Crippen LogP contribution in [0.5, 0.6) is 0 Å². The minimum absolute atomic E-state index is 0.00597. The molecule has 3 heteroatoms. The second-order valence-corrected chi connectivity index (χ2v) is 5.40. The molecule has 0 amide bonds. The Labute approximate surface area is 115 Å². The van der Waals surface area contributed by atoms with Crippen LogP contribution in [0, 0.1) is 0 Å². The molecule has 3 nitrogen and oxygen atoms in total. The molecule has 2 rings (SSSR count). The van der Waals surface area contributed by atoms with Crippen LogP contribution in [-0.4, -0.2) is 19.1 Å². The van der Waals surface area contributed by atoms with E-state index in [0.29, 0.717) is 6.42 Å². The lowest BCUT2D eigenvalue weighted by Crippen LogP contribution is -2.29. The van der Waals surface area contributed by atoms with Crippen LogP contribution in [0.1, 0.15) is 55.6 Å². The third kappa shape index (κ3) is 3.57. The van der Waals surface area contributed by atoms with Crippen LogP contribution in [0.4, 0.5) is 0 Å². The van der Waals surface area contributed by atoms with E-state index in [4.69, 9.17) is 10.5 Å². The van der Waals surface area contributed by atoms with Crippen molar-refractivity contribution in [1.82, 2.24) is 0 Å². The lowest BCUT2D eigenvalue weighted by Gasteiger charge is -2.23. The standard InChI is InChI=1S/C16H23NO2/c1-3-15(17)14(10-16(18)19-2)13-6-4-5-12(9-13)11-7-8-11/h4-6,9,11,14-15H,3,7-8,10,17H2,1-2H3. The highest BCUT2D eigenvalue weighted by Gasteiger charge is 2.26. The van der Waals surface area contributed by atoms with Gasteiger partial charge in [-0.05, 0) is 36.3 Å². The van der Waals surface area contributed by atoms with E-state index in [1.54, 1.807) is 0 Å². The van der Waals surface area contributed by atoms with Gasteiger partial charge in [0.1, 0.15) is 0 Å². The number of esters is 1. The fourth-order valence-electron chi connectivity index (χ4n) is 2.52. The Morgan fingerprint density at radius 3 is 2.79 bits per heavy atom. The molecule has 0 heterocycles. The maximum atomic E-state index is 11.6. The van der Waals surface area contributed by atoms with Crippen LogP contribution in [0.2, 0.25) is 0 Å². The van der Waals surface area contributed by atoms with E-state index in [0.717, 1.165) is 12.3 Å². The van der Waals surface area contributed by atoms with Crippen molar-refractivity contribution in [3.63, 3.8) is 0 Å². The van der Waals surface area contributed by atoms with E-state index in [2.05, 4.69) is 31.2 Å². The topological polar surface area (TPSA) is 52.3 Å². The fourth-order valence-corrected chi connectivity index (χ4v) is 2.52. The first-order chi connectivity index (χ1) is 9.15. The maximum Gasteiger partial charge on any atom is 0.306 e. The number of carbonyl (C=O) groups excluding carboxylic acids is 1. The van der Waals surface area contributed by atoms with Gasteiger partial charge in [-0.3, -0.25) is 4.79 Å². The van der Waals surface area contributed by atoms with Gasteiger partial charge >= 0.3 is 5.97 Å². The Hall–Kier alpha value is -1.35. The van der Waals surface area contributed by atoms with Gasteiger partial charge in [-0.25, -0.2) is 0 Å². The first-order valence-corrected chi connectivity index (χ1v) is 7.08. The van der Waals surface area contributed by atoms with Crippen LogP contribution >= 0.6 is 0 Å². The molecule has 0 aliphatic heterocycles. The van der Waals surface area contributed by atoms with E-state index in [1.807, 2.05) is 0 Å². The van der Waals surface area contributed by atoms with Gasteiger partial charge in [-0.15, -0.1) is 0 Å². The van der Waals surface area contributed by atoms with Crippen LogP contribution in [0.15, 0.2) is 24.3 Å². The lowest BCUT2D eigenvalue weighted by molar-refractivity contribution is -0.141. The van der Waals surface area contributed by atoms with Crippen molar-refractivity contribution in [3.05, 3.63) is 35.4 Å². The van der Waals surface area contributed by atoms with E-state index >= 15 is 0 Å². The summed E-state index contributed by atoms with van der Waals surface area (Å²) in [6.45, 7) is 2.06. The summed E-state index contributed by atoms with van der Waals surface area (Å²) in [4.78, 5) is 11.6. The third-order valence-corrected chi connectivity index (χ3v) is 3.99. The lowest BCUT2D eigenvalue weighted by atomic mass is 9.86. The van der Waals surface area contributed by atoms with Gasteiger partial charge in [-0.1, -0.05) is 31.2 Å². The highest BCUT2D eigenvalue weighted by atomic mass is 16.5. The van der Waals surface area contributed by atoms with E-state index in [-0.39, 0.29) is 17.9 Å². The molecule has 1 aliphatic carbocycles. The average Bonchev–Trinajstić information content (AvgIpc) is 3.28. The molecule has 0 aromatic heterocycles. The Bertz CT molecular complexity index is 440. The molecule has 1 aliphatic rings. The molecule has 19 heavy (non-hydrogen) atoms. The summed E-state index contributed by atoms with van der Waals surface area (Å²) in [6, 6.07) is 8.55. The maximum absolute atomic E-state index is 11.6. The van der Waals surface area contributed by atoms with Gasteiger partial charge in [0.25, 0.3) is 0 Å². The number of hydrogen-bond donors (Lipinski definition) is 1. The zero-order chi connectivity index (χ0) is 13.8. The quantitative estimate of drug-likeness (QED) is 0.801. The number of nitrogens with two attached hydrogens (primary N) is 1. The first-order valence-electron chi connectivity index (χ1n) is 7.08. The van der Waals surface area contributed by atoms with Crippen molar-refractivity contribution in [2.24, 2.45) is 5.73 Å². The number of ether oxygens (including phenoxy) is 1. The van der Waals surface area contributed by atoms with Crippen LogP contribution < -0.4 is 5.73 Å². The Morgan fingerprint density at radius 2 is 2.21 bits per heavy atom. The van der Waals surface area contributed by atoms with Crippen molar-refractivity contribution in [3.8, 4) is 0 Å². The molecule has 1 fully saturated rings. The average molecular weight is 261 g/mol. The molecule has 0 saturated heterocycles. The molecular formula is C16H23NO2. The minimum atomic E-state index is -0.189. The zero-order valence-corrected chi connectivity index (χ0v) is 11.8. The summed E-state index contributed by atoms with van der Waals surface area (Å²) >= 11 is 0. The molecule has 1 aromatic rings. The smallest absolute Gasteiger partial charge is 0.306 e. The van der Waals surface area contributed by atoms with Crippen LogP contribution in [0.25, 0.3) is 0 Å². The normalized spacial score (nSPS) is 17.8. The number of hydrogen-bond acceptors (Lipinski definition) is 3. The number of benzene rings is 1. The van der Waals surface area contributed by atoms with Crippen molar-refractivity contribution in [2.75, 3.05) is 7.11 Å². The molecule has 0 radical (unpaired) electrons. The summed E-state index contributed by atoms with van der Waals surface area (Å²) in [7, 11) is 1.43. The monoisotopic (exact) mass is 261 g/mol. The second-order valence-electron chi connectivity index (χ2n) is 5.40. The predicted molar refractivity (Wildman–Crippen MR) is 76.1 cm³/mol. The highest BCUT2D eigenvalue weighted by molar-refractivity contribution is 5.70. The number of carbonyl (C=O) groups is 1. The van der Waals surface area contributed by atoms with Crippen molar-refractivity contribution in [1.29, 1.82) is 0 Å². The van der Waals surface area contributed by atoms with Crippen molar-refractivity contribution >= 4 is 5.97 Å². The molecule has 2 N–H and O–H groups in total. The van der Waals surface area contributed by atoms with Crippen molar-refractivity contribution < 1.29 is 9.53 Å². The number of methoxy groups -OCH3 is 1. The molecule has 0 spiro atoms. The van der Waals surface area contributed by atoms with E-state index in [9.17, 15) is 4.79 Å². The zero-order valence-electron chi connectivity index (χ0n) is 11.8. The Kier molecular flexibility index (Phi) is 4.59. The Morgan fingerprint density at radius 1 is 1.47 bits per heavy atom. The van der Waals surface area contributed by atoms with Gasteiger partial charge in [0, 0.05) is 12.0 Å². The highest BCUT2D eigenvalue weighted by Crippen LogP contribution is 2.41. The van der Waals surface area contributed by atoms with Gasteiger partial charge in [0.2, 0.25) is 0 Å². The second kappa shape index (κ2) is 6.20. The minimum Gasteiger partial charge on any atom is -0.469 e. The molecule has 2 atom stereocenters. The summed E-state index contributed by atoms with van der Waals surface area (Å²) < 4.78 is 4.79. The molecule has 2 unspecified atom stereocenters. The molecular weight excluding hydrogens is 238 g/mol. The summed E-state index contributed by atoms with van der Waals surface area (Å²) in [5.74, 6) is 0.582. The molecule has 1 aromatic carbocycles. The summed E-state index contributed by atoms with van der Waals surface area (Å²) in [5, 5.41) is 0. The molecule has 1 saturated carbocycles. The first kappa shape index (κ1) is 14.1. The third-order valence-electron chi connectivity index (χ3n) is 3.99. The SMILES string of the molecule is CCC(N)C(CC(=O)OC)c1cccc(C2CC2)c1. The molecule has 0 bridgehead atoms. The Balaban J connectivity index is 2.20. The molecule has 104 valence electrons. The van der Waals surface area contributed by atoms with E-state index < -0.39 is 0 Å². The van der Waals surface area contributed by atoms with Crippen LogP contribution in [0.3, 0.4) is 0 Å². The van der Waals surface area contributed by atoms with E-state index in [1.165, 1.54) is 31.1 Å². The fraction of sp³-hybridized carbons (Fsp3) is 0.562.